The van der Waals surface area contributed by atoms with Gasteiger partial charge in [-0.25, -0.2) is 8.78 Å². The molecule has 0 aliphatic heterocycles. The summed E-state index contributed by atoms with van der Waals surface area (Å²) >= 11 is 0. The van der Waals surface area contributed by atoms with E-state index in [-0.39, 0.29) is 12.2 Å². The molecule has 0 fully saturated rings. The molecule has 0 saturated carbocycles. The lowest BCUT2D eigenvalue weighted by Crippen LogP contribution is -2.21. The zero-order valence-electron chi connectivity index (χ0n) is 9.09. The molecule has 0 radical (unpaired) electrons. The maximum Gasteiger partial charge on any atom is 0.310 e. The Morgan fingerprint density at radius 1 is 1.50 bits per heavy atom. The maximum absolute atomic E-state index is 13.2. The minimum atomic E-state index is -0.945. The fourth-order valence-corrected chi connectivity index (χ4v) is 1.19. The molecule has 0 saturated heterocycles. The molecule has 3 nitrogen and oxygen atoms in total. The number of hydrogen-bond donors (Lipinski definition) is 1. The molecule has 1 rings (SSSR count). The van der Waals surface area contributed by atoms with Gasteiger partial charge in [0, 0.05) is 6.54 Å². The predicted octanol–water partition coefficient (Wildman–Crippen LogP) is 2.19. The Morgan fingerprint density at radius 2 is 2.19 bits per heavy atom. The van der Waals surface area contributed by atoms with Crippen LogP contribution in [0, 0.1) is 17.6 Å². The van der Waals surface area contributed by atoms with Gasteiger partial charge in [-0.3, -0.25) is 4.79 Å². The van der Waals surface area contributed by atoms with Crippen LogP contribution >= 0.6 is 0 Å². The van der Waals surface area contributed by atoms with Gasteiger partial charge in [0.1, 0.15) is 0 Å². The third-order valence-electron chi connectivity index (χ3n) is 2.15. The van der Waals surface area contributed by atoms with E-state index in [4.69, 9.17) is 0 Å². The first-order chi connectivity index (χ1) is 7.56. The van der Waals surface area contributed by atoms with Crippen molar-refractivity contribution in [2.24, 2.45) is 5.92 Å². The Balaban J connectivity index is 2.61. The second-order valence-corrected chi connectivity index (χ2v) is 3.41. The summed E-state index contributed by atoms with van der Waals surface area (Å²) in [5, 5.41) is 2.65. The van der Waals surface area contributed by atoms with Gasteiger partial charge in [-0.1, -0.05) is 13.0 Å². The number of benzene rings is 1. The summed E-state index contributed by atoms with van der Waals surface area (Å²) in [6.07, 6.45) is 0. The SMILES string of the molecule is COC(=O)C(C)CNc1cccc(F)c1F. The molecule has 1 N–H and O–H groups in total. The van der Waals surface area contributed by atoms with Crippen molar-refractivity contribution >= 4 is 11.7 Å². The smallest absolute Gasteiger partial charge is 0.310 e. The quantitative estimate of drug-likeness (QED) is 0.804. The van der Waals surface area contributed by atoms with Gasteiger partial charge >= 0.3 is 5.97 Å². The first-order valence-corrected chi connectivity index (χ1v) is 4.82. The number of esters is 1. The molecule has 0 heterocycles. The standard InChI is InChI=1S/C11H13F2NO2/c1-7(11(15)16-2)6-14-9-5-3-4-8(12)10(9)13/h3-5,7,14H,6H2,1-2H3. The summed E-state index contributed by atoms with van der Waals surface area (Å²) in [7, 11) is 1.28. The molecule has 88 valence electrons. The Morgan fingerprint density at radius 3 is 2.81 bits per heavy atom. The predicted molar refractivity (Wildman–Crippen MR) is 56.0 cm³/mol. The van der Waals surface area contributed by atoms with Crippen LogP contribution in [0.2, 0.25) is 0 Å². The van der Waals surface area contributed by atoms with Crippen molar-refractivity contribution < 1.29 is 18.3 Å². The lowest BCUT2D eigenvalue weighted by Gasteiger charge is -2.12. The van der Waals surface area contributed by atoms with Gasteiger partial charge in [0.25, 0.3) is 0 Å². The summed E-state index contributed by atoms with van der Waals surface area (Å²) in [5.74, 6) is -2.69. The normalized spacial score (nSPS) is 12.0. The number of carbonyl (C=O) groups excluding carboxylic acids is 1. The number of nitrogens with one attached hydrogen (secondary N) is 1. The van der Waals surface area contributed by atoms with Crippen molar-refractivity contribution in [1.29, 1.82) is 0 Å². The molecule has 16 heavy (non-hydrogen) atoms. The number of hydrogen-bond acceptors (Lipinski definition) is 3. The highest BCUT2D eigenvalue weighted by molar-refractivity contribution is 5.72. The van der Waals surface area contributed by atoms with Crippen molar-refractivity contribution in [2.45, 2.75) is 6.92 Å². The third-order valence-corrected chi connectivity index (χ3v) is 2.15. The molecule has 1 aromatic carbocycles. The summed E-state index contributed by atoms with van der Waals surface area (Å²) in [4.78, 5) is 11.1. The van der Waals surface area contributed by atoms with Crippen LogP contribution in [0.25, 0.3) is 0 Å². The highest BCUT2D eigenvalue weighted by Crippen LogP contribution is 2.16. The van der Waals surface area contributed by atoms with Crippen molar-refractivity contribution in [1.82, 2.24) is 0 Å². The summed E-state index contributed by atoms with van der Waals surface area (Å²) in [6, 6.07) is 3.83. The monoisotopic (exact) mass is 229 g/mol. The molecule has 0 aliphatic carbocycles. The second kappa shape index (κ2) is 5.44. The number of rotatable bonds is 4. The fourth-order valence-electron chi connectivity index (χ4n) is 1.19. The van der Waals surface area contributed by atoms with Gasteiger partial charge in [0.2, 0.25) is 0 Å². The summed E-state index contributed by atoms with van der Waals surface area (Å²) in [6.45, 7) is 1.82. The molecule has 0 aliphatic rings. The highest BCUT2D eigenvalue weighted by Gasteiger charge is 2.14. The molecule has 1 unspecified atom stereocenters. The van der Waals surface area contributed by atoms with Crippen LogP contribution in [0.1, 0.15) is 6.92 Å². The van der Waals surface area contributed by atoms with Crippen LogP contribution in [0.15, 0.2) is 18.2 Å². The van der Waals surface area contributed by atoms with E-state index in [0.717, 1.165) is 6.07 Å². The molecule has 5 heteroatoms. The van der Waals surface area contributed by atoms with Crippen LogP contribution in [-0.2, 0) is 9.53 Å². The molecule has 1 atom stereocenters. The van der Waals surface area contributed by atoms with E-state index in [1.165, 1.54) is 19.2 Å². The van der Waals surface area contributed by atoms with Crippen molar-refractivity contribution in [3.63, 3.8) is 0 Å². The number of ether oxygens (including phenoxy) is 1. The Bertz CT molecular complexity index is 382. The molecular formula is C11H13F2NO2. The minimum absolute atomic E-state index is 0.0377. The van der Waals surface area contributed by atoms with Crippen LogP contribution in [0.3, 0.4) is 0 Å². The van der Waals surface area contributed by atoms with E-state index < -0.39 is 23.5 Å². The summed E-state index contributed by atoms with van der Waals surface area (Å²) < 4.78 is 30.5. The second-order valence-electron chi connectivity index (χ2n) is 3.41. The Kier molecular flexibility index (Phi) is 4.22. The van der Waals surface area contributed by atoms with E-state index in [2.05, 4.69) is 10.1 Å². The third kappa shape index (κ3) is 2.92. The molecule has 0 amide bonds. The van der Waals surface area contributed by atoms with E-state index in [1.807, 2.05) is 0 Å². The minimum Gasteiger partial charge on any atom is -0.469 e. The first kappa shape index (κ1) is 12.4. The Hall–Kier alpha value is -1.65. The van der Waals surface area contributed by atoms with Crippen LogP contribution < -0.4 is 5.32 Å². The summed E-state index contributed by atoms with van der Waals surface area (Å²) in [5.41, 5.74) is 0.0377. The van der Waals surface area contributed by atoms with Gasteiger partial charge in [-0.2, -0.15) is 0 Å². The first-order valence-electron chi connectivity index (χ1n) is 4.82. The van der Waals surface area contributed by atoms with Crippen LogP contribution in [0.4, 0.5) is 14.5 Å². The van der Waals surface area contributed by atoms with Crippen LogP contribution in [0.5, 0.6) is 0 Å². The van der Waals surface area contributed by atoms with E-state index >= 15 is 0 Å². The van der Waals surface area contributed by atoms with E-state index in [1.54, 1.807) is 6.92 Å². The highest BCUT2D eigenvalue weighted by atomic mass is 19.2. The van der Waals surface area contributed by atoms with E-state index in [0.29, 0.717) is 0 Å². The van der Waals surface area contributed by atoms with Gasteiger partial charge in [0.15, 0.2) is 11.6 Å². The van der Waals surface area contributed by atoms with E-state index in [9.17, 15) is 13.6 Å². The number of halogens is 2. The lowest BCUT2D eigenvalue weighted by molar-refractivity contribution is -0.144. The Labute approximate surface area is 92.4 Å². The number of anilines is 1. The fraction of sp³-hybridized carbons (Fsp3) is 0.364. The molecule has 0 spiro atoms. The van der Waals surface area contributed by atoms with Crippen molar-refractivity contribution in [3.05, 3.63) is 29.8 Å². The zero-order chi connectivity index (χ0) is 12.1. The van der Waals surface area contributed by atoms with Gasteiger partial charge in [-0.05, 0) is 12.1 Å². The average molecular weight is 229 g/mol. The average Bonchev–Trinajstić information content (AvgIpc) is 2.29. The van der Waals surface area contributed by atoms with Gasteiger partial charge in [-0.15, -0.1) is 0 Å². The topological polar surface area (TPSA) is 38.3 Å². The largest absolute Gasteiger partial charge is 0.469 e. The number of methoxy groups -OCH3 is 1. The zero-order valence-corrected chi connectivity index (χ0v) is 9.09. The molecule has 0 bridgehead atoms. The lowest BCUT2D eigenvalue weighted by atomic mass is 10.2. The number of carbonyl (C=O) groups is 1. The molecule has 1 aromatic rings. The van der Waals surface area contributed by atoms with Crippen LogP contribution in [-0.4, -0.2) is 19.6 Å². The molecular weight excluding hydrogens is 216 g/mol. The van der Waals surface area contributed by atoms with Crippen molar-refractivity contribution in [3.8, 4) is 0 Å². The maximum atomic E-state index is 13.2. The van der Waals surface area contributed by atoms with Gasteiger partial charge in [0.05, 0.1) is 18.7 Å². The molecule has 0 aromatic heterocycles. The van der Waals surface area contributed by atoms with Gasteiger partial charge < -0.3 is 10.1 Å². The van der Waals surface area contributed by atoms with Crippen molar-refractivity contribution in [2.75, 3.05) is 19.0 Å².